The van der Waals surface area contributed by atoms with Crippen LogP contribution < -0.4 is 4.74 Å². The largest absolute Gasteiger partial charge is 0.497 e. The van der Waals surface area contributed by atoms with Crippen LogP contribution in [0.25, 0.3) is 6.08 Å². The average Bonchev–Trinajstić information content (AvgIpc) is 2.97. The molecule has 0 bridgehead atoms. The molecule has 0 aromatic heterocycles. The van der Waals surface area contributed by atoms with Gasteiger partial charge in [0.05, 0.1) is 16.9 Å². The van der Waals surface area contributed by atoms with E-state index in [9.17, 15) is 13.2 Å². The van der Waals surface area contributed by atoms with Gasteiger partial charge in [-0.25, -0.2) is 0 Å². The summed E-state index contributed by atoms with van der Waals surface area (Å²) in [5, 5.41) is 0.0999. The molecule has 0 radical (unpaired) electrons. The van der Waals surface area contributed by atoms with E-state index in [0.717, 1.165) is 17.3 Å². The summed E-state index contributed by atoms with van der Waals surface area (Å²) < 4.78 is 34.3. The number of carbonyl (C=O) groups excluding carboxylic acids is 1. The maximum Gasteiger partial charge on any atom is 0.284 e. The van der Waals surface area contributed by atoms with Gasteiger partial charge in [0.1, 0.15) is 5.75 Å². The second-order valence-corrected chi connectivity index (χ2v) is 8.37. The standard InChI is InChI=1S/C20H18N2O4S2/c1-3-12-22-19(23)18(14-15-8-7-9-16(13-15)26-2)27-20(22)21-28(24,25)17-10-5-4-6-11-17/h3-11,13-14H,1,12H2,2H3/b18-14-,21-20?. The maximum atomic E-state index is 12.8. The van der Waals surface area contributed by atoms with Gasteiger partial charge >= 0.3 is 0 Å². The van der Waals surface area contributed by atoms with Crippen LogP contribution >= 0.6 is 11.8 Å². The number of nitrogens with zero attached hydrogens (tertiary/aromatic N) is 2. The molecule has 1 saturated heterocycles. The lowest BCUT2D eigenvalue weighted by Gasteiger charge is -2.12. The Bertz CT molecular complexity index is 1060. The second-order valence-electron chi connectivity index (χ2n) is 5.75. The van der Waals surface area contributed by atoms with Gasteiger partial charge in [-0.15, -0.1) is 11.0 Å². The molecule has 0 aliphatic carbocycles. The molecule has 1 amide bonds. The Kier molecular flexibility index (Phi) is 6.01. The van der Waals surface area contributed by atoms with Crippen molar-refractivity contribution < 1.29 is 17.9 Å². The number of benzene rings is 2. The third-order valence-corrected chi connectivity index (χ3v) is 6.23. The molecule has 1 heterocycles. The number of amides is 1. The lowest BCUT2D eigenvalue weighted by atomic mass is 10.2. The molecule has 8 heteroatoms. The molecule has 0 N–H and O–H groups in total. The highest BCUT2D eigenvalue weighted by Crippen LogP contribution is 2.34. The van der Waals surface area contributed by atoms with Gasteiger partial charge in [0, 0.05) is 6.54 Å². The number of sulfonamides is 1. The number of hydrogen-bond donors (Lipinski definition) is 0. The Balaban J connectivity index is 1.99. The van der Waals surface area contributed by atoms with Gasteiger partial charge in [0.25, 0.3) is 15.9 Å². The van der Waals surface area contributed by atoms with Crippen LogP contribution in [0.5, 0.6) is 5.75 Å². The fourth-order valence-corrected chi connectivity index (χ4v) is 4.71. The van der Waals surface area contributed by atoms with E-state index in [4.69, 9.17) is 4.74 Å². The summed E-state index contributed by atoms with van der Waals surface area (Å²) in [6.45, 7) is 3.79. The van der Waals surface area contributed by atoms with Gasteiger partial charge in [-0.3, -0.25) is 9.69 Å². The second kappa shape index (κ2) is 8.45. The minimum absolute atomic E-state index is 0.0688. The summed E-state index contributed by atoms with van der Waals surface area (Å²) in [6.07, 6.45) is 3.21. The molecule has 0 unspecified atom stereocenters. The molecule has 1 fully saturated rings. The first-order valence-corrected chi connectivity index (χ1v) is 10.6. The van der Waals surface area contributed by atoms with Crippen LogP contribution in [0.4, 0.5) is 0 Å². The van der Waals surface area contributed by atoms with Crippen molar-refractivity contribution in [2.45, 2.75) is 4.90 Å². The Morgan fingerprint density at radius 2 is 1.93 bits per heavy atom. The van der Waals surface area contributed by atoms with Crippen LogP contribution in [0.2, 0.25) is 0 Å². The van der Waals surface area contributed by atoms with Crippen molar-refractivity contribution >= 4 is 38.9 Å². The lowest BCUT2D eigenvalue weighted by molar-refractivity contribution is -0.121. The highest BCUT2D eigenvalue weighted by molar-refractivity contribution is 8.19. The molecule has 2 aromatic carbocycles. The average molecular weight is 415 g/mol. The fourth-order valence-electron chi connectivity index (χ4n) is 2.50. The molecule has 6 nitrogen and oxygen atoms in total. The molecule has 0 spiro atoms. The van der Waals surface area contributed by atoms with Crippen LogP contribution in [-0.2, 0) is 14.8 Å². The van der Waals surface area contributed by atoms with Crippen molar-refractivity contribution in [2.24, 2.45) is 4.40 Å². The lowest BCUT2D eigenvalue weighted by Crippen LogP contribution is -2.29. The Morgan fingerprint density at radius 1 is 1.18 bits per heavy atom. The van der Waals surface area contributed by atoms with Gasteiger partial charge in [-0.1, -0.05) is 36.4 Å². The molecule has 1 aliphatic rings. The van der Waals surface area contributed by atoms with Gasteiger partial charge < -0.3 is 4.74 Å². The third-order valence-electron chi connectivity index (χ3n) is 3.83. The smallest absolute Gasteiger partial charge is 0.284 e. The molecule has 1 aliphatic heterocycles. The monoisotopic (exact) mass is 414 g/mol. The third kappa shape index (κ3) is 4.35. The molecule has 3 rings (SSSR count). The van der Waals surface area contributed by atoms with Crippen LogP contribution in [0.3, 0.4) is 0 Å². The predicted molar refractivity (Wildman–Crippen MR) is 112 cm³/mol. The van der Waals surface area contributed by atoms with E-state index in [-0.39, 0.29) is 22.5 Å². The Hall–Kier alpha value is -2.84. The zero-order chi connectivity index (χ0) is 20.1. The number of amidine groups is 1. The SMILES string of the molecule is C=CCN1C(=O)/C(=C/c2cccc(OC)c2)SC1=NS(=O)(=O)c1ccccc1. The van der Waals surface area contributed by atoms with Crippen molar-refractivity contribution in [1.29, 1.82) is 0 Å². The summed E-state index contributed by atoms with van der Waals surface area (Å²) in [6, 6.07) is 15.1. The molecule has 0 saturated carbocycles. The Morgan fingerprint density at radius 3 is 2.61 bits per heavy atom. The first-order valence-electron chi connectivity index (χ1n) is 8.31. The minimum atomic E-state index is -3.93. The number of ether oxygens (including phenoxy) is 1. The zero-order valence-corrected chi connectivity index (χ0v) is 16.7. The summed E-state index contributed by atoms with van der Waals surface area (Å²) in [7, 11) is -2.37. The highest BCUT2D eigenvalue weighted by Gasteiger charge is 2.34. The number of thioether (sulfide) groups is 1. The number of rotatable bonds is 6. The van der Waals surface area contributed by atoms with E-state index in [0.29, 0.717) is 10.7 Å². The summed E-state index contributed by atoms with van der Waals surface area (Å²) in [5.74, 6) is 0.336. The van der Waals surface area contributed by atoms with Crippen molar-refractivity contribution in [3.8, 4) is 5.75 Å². The number of carbonyl (C=O) groups is 1. The highest BCUT2D eigenvalue weighted by atomic mass is 32.2. The molecule has 0 atom stereocenters. The van der Waals surface area contributed by atoms with Crippen LogP contribution in [0.1, 0.15) is 5.56 Å². The van der Waals surface area contributed by atoms with Crippen molar-refractivity contribution in [3.63, 3.8) is 0 Å². The first kappa shape index (κ1) is 19.9. The maximum absolute atomic E-state index is 12.8. The topological polar surface area (TPSA) is 76.0 Å². The quantitative estimate of drug-likeness (QED) is 0.534. The minimum Gasteiger partial charge on any atom is -0.497 e. The van der Waals surface area contributed by atoms with Gasteiger partial charge in [-0.05, 0) is 47.7 Å². The predicted octanol–water partition coefficient (Wildman–Crippen LogP) is 3.54. The molecular weight excluding hydrogens is 396 g/mol. The number of hydrogen-bond acceptors (Lipinski definition) is 5. The van der Waals surface area contributed by atoms with E-state index in [1.807, 2.05) is 12.1 Å². The van der Waals surface area contributed by atoms with Gasteiger partial charge in [0.2, 0.25) is 0 Å². The van der Waals surface area contributed by atoms with Crippen LogP contribution in [0.15, 0.2) is 81.5 Å². The molecule has 144 valence electrons. The molecular formula is C20H18N2O4S2. The summed E-state index contributed by atoms with van der Waals surface area (Å²) in [4.78, 5) is 14.5. The normalized spacial score (nSPS) is 17.3. The summed E-state index contributed by atoms with van der Waals surface area (Å²) in [5.41, 5.74) is 0.765. The first-order chi connectivity index (χ1) is 13.4. The van der Waals surface area contributed by atoms with Gasteiger partial charge in [0.15, 0.2) is 5.17 Å². The van der Waals surface area contributed by atoms with E-state index in [1.165, 1.54) is 23.1 Å². The van der Waals surface area contributed by atoms with Crippen LogP contribution in [-0.4, -0.2) is 38.0 Å². The molecule has 28 heavy (non-hydrogen) atoms. The van der Waals surface area contributed by atoms with E-state index in [1.54, 1.807) is 43.5 Å². The fraction of sp³-hybridized carbons (Fsp3) is 0.100. The zero-order valence-electron chi connectivity index (χ0n) is 15.1. The van der Waals surface area contributed by atoms with E-state index < -0.39 is 10.0 Å². The van der Waals surface area contributed by atoms with Crippen LogP contribution in [0, 0.1) is 0 Å². The van der Waals surface area contributed by atoms with E-state index >= 15 is 0 Å². The Labute approximate surface area is 168 Å². The molecule has 2 aromatic rings. The van der Waals surface area contributed by atoms with E-state index in [2.05, 4.69) is 11.0 Å². The van der Waals surface area contributed by atoms with Crippen molar-refractivity contribution in [2.75, 3.05) is 13.7 Å². The van der Waals surface area contributed by atoms with Gasteiger partial charge in [-0.2, -0.15) is 8.42 Å². The van der Waals surface area contributed by atoms with Crippen molar-refractivity contribution in [3.05, 3.63) is 77.7 Å². The number of methoxy groups -OCH3 is 1. The summed E-state index contributed by atoms with van der Waals surface area (Å²) >= 11 is 1.02. The van der Waals surface area contributed by atoms with Crippen molar-refractivity contribution in [1.82, 2.24) is 4.90 Å².